The van der Waals surface area contributed by atoms with Gasteiger partial charge in [0.05, 0.1) is 17.2 Å². The van der Waals surface area contributed by atoms with E-state index in [4.69, 9.17) is 21.7 Å². The van der Waals surface area contributed by atoms with E-state index in [1.807, 2.05) is 75.4 Å². The third-order valence-corrected chi connectivity index (χ3v) is 6.80. The number of carbonyl (C=O) groups excluding carboxylic acids is 2. The topological polar surface area (TPSA) is 67.9 Å². The predicted molar refractivity (Wildman–Crippen MR) is 150 cm³/mol. The van der Waals surface area contributed by atoms with Crippen LogP contribution in [0.15, 0.2) is 71.6 Å². The normalized spacial score (nSPS) is 14.3. The Balaban J connectivity index is 1.37. The van der Waals surface area contributed by atoms with Gasteiger partial charge in [0.15, 0.2) is 10.9 Å². The highest BCUT2D eigenvalue weighted by Gasteiger charge is 2.33. The lowest BCUT2D eigenvalue weighted by atomic mass is 10.1. The standard InChI is InChI=1S/C28H26N2O4S2/c1-4-33-22-14-10-21(11-15-22)30-27(32)24(36-28(30)35)16-20-8-12-23(13-9-20)34-17-25(31)29-26-18(2)6-5-7-19(26)3/h5-16H,4,17H2,1-3H3,(H,29,31)/b24-16-. The predicted octanol–water partition coefficient (Wildman–Crippen LogP) is 6.13. The van der Waals surface area contributed by atoms with Crippen LogP contribution in [0.4, 0.5) is 11.4 Å². The second-order valence-corrected chi connectivity index (χ2v) is 9.79. The smallest absolute Gasteiger partial charge is 0.270 e. The number of aryl methyl sites for hydroxylation is 2. The van der Waals surface area contributed by atoms with Crippen molar-refractivity contribution in [2.75, 3.05) is 23.4 Å². The average Bonchev–Trinajstić information content (AvgIpc) is 3.14. The number of anilines is 2. The fourth-order valence-electron chi connectivity index (χ4n) is 3.70. The molecule has 1 N–H and O–H groups in total. The Morgan fingerprint density at radius 2 is 1.58 bits per heavy atom. The molecule has 1 saturated heterocycles. The molecule has 0 spiro atoms. The number of nitrogens with zero attached hydrogens (tertiary/aromatic N) is 1. The van der Waals surface area contributed by atoms with Crippen molar-refractivity contribution in [1.29, 1.82) is 0 Å². The number of rotatable bonds is 8. The first-order valence-electron chi connectivity index (χ1n) is 11.5. The average molecular weight is 519 g/mol. The van der Waals surface area contributed by atoms with E-state index < -0.39 is 0 Å². The first-order chi connectivity index (χ1) is 17.4. The Morgan fingerprint density at radius 1 is 0.972 bits per heavy atom. The van der Waals surface area contributed by atoms with Crippen LogP contribution in [0, 0.1) is 13.8 Å². The quantitative estimate of drug-likeness (QED) is 0.286. The summed E-state index contributed by atoms with van der Waals surface area (Å²) in [5, 5.41) is 2.91. The van der Waals surface area contributed by atoms with Gasteiger partial charge in [0.1, 0.15) is 11.5 Å². The number of benzene rings is 3. The van der Waals surface area contributed by atoms with Crippen LogP contribution in [0.2, 0.25) is 0 Å². The zero-order valence-corrected chi connectivity index (χ0v) is 21.9. The summed E-state index contributed by atoms with van der Waals surface area (Å²) in [6, 6.07) is 20.4. The minimum atomic E-state index is -0.227. The summed E-state index contributed by atoms with van der Waals surface area (Å²) in [4.78, 5) is 27.4. The van der Waals surface area contributed by atoms with Crippen LogP contribution in [-0.4, -0.2) is 29.3 Å². The van der Waals surface area contributed by atoms with Crippen molar-refractivity contribution in [3.8, 4) is 11.5 Å². The van der Waals surface area contributed by atoms with Crippen molar-refractivity contribution in [3.05, 3.63) is 88.3 Å². The Bertz CT molecular complexity index is 1300. The number of nitrogens with one attached hydrogen (secondary N) is 1. The maximum absolute atomic E-state index is 13.0. The highest BCUT2D eigenvalue weighted by Crippen LogP contribution is 2.36. The summed E-state index contributed by atoms with van der Waals surface area (Å²) in [5.74, 6) is 0.908. The number of hydrogen-bond donors (Lipinski definition) is 1. The van der Waals surface area contributed by atoms with Crippen molar-refractivity contribution < 1.29 is 19.1 Å². The molecule has 184 valence electrons. The molecule has 0 radical (unpaired) electrons. The van der Waals surface area contributed by atoms with Gasteiger partial charge in [-0.05, 0) is 79.9 Å². The van der Waals surface area contributed by atoms with Gasteiger partial charge >= 0.3 is 0 Å². The molecular weight excluding hydrogens is 492 g/mol. The number of ether oxygens (including phenoxy) is 2. The van der Waals surface area contributed by atoms with E-state index in [0.717, 1.165) is 28.1 Å². The van der Waals surface area contributed by atoms with Crippen LogP contribution in [0.1, 0.15) is 23.6 Å². The van der Waals surface area contributed by atoms with Crippen molar-refractivity contribution in [2.24, 2.45) is 0 Å². The second-order valence-electron chi connectivity index (χ2n) is 8.12. The summed E-state index contributed by atoms with van der Waals surface area (Å²) in [6.45, 7) is 6.30. The van der Waals surface area contributed by atoms with E-state index in [2.05, 4.69) is 5.32 Å². The highest BCUT2D eigenvalue weighted by atomic mass is 32.2. The molecule has 8 heteroatoms. The van der Waals surface area contributed by atoms with Crippen LogP contribution in [0.5, 0.6) is 11.5 Å². The summed E-state index contributed by atoms with van der Waals surface area (Å²) < 4.78 is 11.6. The Kier molecular flexibility index (Phi) is 8.07. The molecule has 1 fully saturated rings. The third kappa shape index (κ3) is 5.95. The lowest BCUT2D eigenvalue weighted by Gasteiger charge is -2.15. The van der Waals surface area contributed by atoms with E-state index in [1.165, 1.54) is 16.7 Å². The summed E-state index contributed by atoms with van der Waals surface area (Å²) >= 11 is 6.72. The molecule has 2 amide bonds. The molecule has 1 heterocycles. The molecule has 0 aliphatic carbocycles. The van der Waals surface area contributed by atoms with E-state index in [-0.39, 0.29) is 18.4 Å². The third-order valence-electron chi connectivity index (χ3n) is 5.49. The van der Waals surface area contributed by atoms with E-state index in [1.54, 1.807) is 18.2 Å². The molecule has 0 unspecified atom stereocenters. The fourth-order valence-corrected chi connectivity index (χ4v) is 5.00. The summed E-state index contributed by atoms with van der Waals surface area (Å²) in [7, 11) is 0. The molecular formula is C28H26N2O4S2. The number of amides is 2. The Morgan fingerprint density at radius 3 is 2.22 bits per heavy atom. The molecule has 3 aromatic carbocycles. The maximum Gasteiger partial charge on any atom is 0.270 e. The molecule has 3 aromatic rings. The molecule has 36 heavy (non-hydrogen) atoms. The molecule has 0 saturated carbocycles. The molecule has 0 aromatic heterocycles. The van der Waals surface area contributed by atoms with Gasteiger partial charge in [0, 0.05) is 5.69 Å². The van der Waals surface area contributed by atoms with Gasteiger partial charge in [-0.3, -0.25) is 14.5 Å². The van der Waals surface area contributed by atoms with Gasteiger partial charge in [-0.15, -0.1) is 0 Å². The van der Waals surface area contributed by atoms with E-state index in [9.17, 15) is 9.59 Å². The SMILES string of the molecule is CCOc1ccc(N2C(=O)/C(=C/c3ccc(OCC(=O)Nc4c(C)cccc4C)cc3)SC2=S)cc1. The Labute approximate surface area is 220 Å². The van der Waals surface area contributed by atoms with E-state index in [0.29, 0.717) is 27.3 Å². The fraction of sp³-hybridized carbons (Fsp3) is 0.179. The first-order valence-corrected chi connectivity index (χ1v) is 12.7. The van der Waals surface area contributed by atoms with Gasteiger partial charge in [-0.25, -0.2) is 0 Å². The molecule has 0 bridgehead atoms. The van der Waals surface area contributed by atoms with Crippen molar-refractivity contribution >= 4 is 57.6 Å². The van der Waals surface area contributed by atoms with Gasteiger partial charge in [0.25, 0.3) is 11.8 Å². The van der Waals surface area contributed by atoms with Crippen LogP contribution in [-0.2, 0) is 9.59 Å². The number of carbonyl (C=O) groups is 2. The van der Waals surface area contributed by atoms with Gasteiger partial charge in [-0.2, -0.15) is 0 Å². The number of thiocarbonyl (C=S) groups is 1. The monoisotopic (exact) mass is 518 g/mol. The van der Waals surface area contributed by atoms with Gasteiger partial charge in [-0.1, -0.05) is 54.3 Å². The minimum absolute atomic E-state index is 0.103. The van der Waals surface area contributed by atoms with Crippen molar-refractivity contribution in [3.63, 3.8) is 0 Å². The van der Waals surface area contributed by atoms with Crippen LogP contribution in [0.25, 0.3) is 6.08 Å². The van der Waals surface area contributed by atoms with E-state index >= 15 is 0 Å². The summed E-state index contributed by atoms with van der Waals surface area (Å²) in [6.07, 6.45) is 1.80. The van der Waals surface area contributed by atoms with Gasteiger partial charge < -0.3 is 14.8 Å². The summed E-state index contributed by atoms with van der Waals surface area (Å²) in [5.41, 5.74) is 4.34. The zero-order chi connectivity index (χ0) is 25.7. The van der Waals surface area contributed by atoms with Crippen LogP contribution in [0.3, 0.4) is 0 Å². The maximum atomic E-state index is 13.0. The largest absolute Gasteiger partial charge is 0.494 e. The number of thioether (sulfide) groups is 1. The molecule has 6 nitrogen and oxygen atoms in total. The zero-order valence-electron chi connectivity index (χ0n) is 20.2. The molecule has 1 aliphatic heterocycles. The molecule has 0 atom stereocenters. The molecule has 4 rings (SSSR count). The van der Waals surface area contributed by atoms with Crippen LogP contribution < -0.4 is 19.7 Å². The first kappa shape index (κ1) is 25.5. The number of para-hydroxylation sites is 1. The lowest BCUT2D eigenvalue weighted by Crippen LogP contribution is -2.27. The van der Waals surface area contributed by atoms with Gasteiger partial charge in [0.2, 0.25) is 0 Å². The number of hydrogen-bond acceptors (Lipinski definition) is 6. The Hall–Kier alpha value is -3.62. The highest BCUT2D eigenvalue weighted by molar-refractivity contribution is 8.27. The minimum Gasteiger partial charge on any atom is -0.494 e. The second kappa shape index (κ2) is 11.4. The van der Waals surface area contributed by atoms with Crippen LogP contribution >= 0.6 is 24.0 Å². The van der Waals surface area contributed by atoms with Crippen molar-refractivity contribution in [2.45, 2.75) is 20.8 Å². The molecule has 1 aliphatic rings. The van der Waals surface area contributed by atoms with Crippen molar-refractivity contribution in [1.82, 2.24) is 0 Å². The lowest BCUT2D eigenvalue weighted by molar-refractivity contribution is -0.118.